The first-order valence-corrected chi connectivity index (χ1v) is 7.19. The van der Waals surface area contributed by atoms with Crippen LogP contribution in [0.3, 0.4) is 0 Å². The summed E-state index contributed by atoms with van der Waals surface area (Å²) in [6, 6.07) is 6.82. The lowest BCUT2D eigenvalue weighted by molar-refractivity contribution is -0.142. The standard InChI is InChI=1S/C16H23NO4/c1-4-9-21-13-7-5-12(6-8-13)15(18)17-10-14(11(2)3)16(19)20/h5-8,11,14H,4,9-10H2,1-3H3,(H,17,18)(H,19,20). The minimum absolute atomic E-state index is 0.0346. The number of carboxylic acid groups (broad SMARTS) is 1. The second-order valence-corrected chi connectivity index (χ2v) is 5.27. The fraction of sp³-hybridized carbons (Fsp3) is 0.500. The van der Waals surface area contributed by atoms with E-state index in [0.717, 1.165) is 12.2 Å². The highest BCUT2D eigenvalue weighted by atomic mass is 16.5. The average molecular weight is 293 g/mol. The zero-order valence-corrected chi connectivity index (χ0v) is 12.8. The van der Waals surface area contributed by atoms with Crippen LogP contribution in [0.4, 0.5) is 0 Å². The van der Waals surface area contributed by atoms with Crippen molar-refractivity contribution in [1.82, 2.24) is 5.32 Å². The van der Waals surface area contributed by atoms with Gasteiger partial charge < -0.3 is 15.2 Å². The number of hydrogen-bond donors (Lipinski definition) is 2. The van der Waals surface area contributed by atoms with E-state index in [2.05, 4.69) is 5.32 Å². The molecule has 116 valence electrons. The van der Waals surface area contributed by atoms with E-state index >= 15 is 0 Å². The van der Waals surface area contributed by atoms with Crippen molar-refractivity contribution < 1.29 is 19.4 Å². The molecule has 0 aliphatic rings. The molecule has 21 heavy (non-hydrogen) atoms. The van der Waals surface area contributed by atoms with Crippen molar-refractivity contribution >= 4 is 11.9 Å². The maximum absolute atomic E-state index is 12.0. The number of nitrogens with one attached hydrogen (secondary N) is 1. The summed E-state index contributed by atoms with van der Waals surface area (Å²) in [5.74, 6) is -1.06. The average Bonchev–Trinajstić information content (AvgIpc) is 2.44. The Morgan fingerprint density at radius 3 is 2.33 bits per heavy atom. The van der Waals surface area contributed by atoms with Gasteiger partial charge in [0.25, 0.3) is 5.91 Å². The molecule has 0 aliphatic carbocycles. The molecule has 0 aliphatic heterocycles. The van der Waals surface area contributed by atoms with Crippen LogP contribution in [0.2, 0.25) is 0 Å². The number of ether oxygens (including phenoxy) is 1. The van der Waals surface area contributed by atoms with E-state index in [4.69, 9.17) is 9.84 Å². The minimum Gasteiger partial charge on any atom is -0.494 e. The first-order chi connectivity index (χ1) is 9.95. The summed E-state index contributed by atoms with van der Waals surface area (Å²) < 4.78 is 5.44. The molecule has 0 bridgehead atoms. The monoisotopic (exact) mass is 293 g/mol. The van der Waals surface area contributed by atoms with Gasteiger partial charge in [0.2, 0.25) is 0 Å². The fourth-order valence-corrected chi connectivity index (χ4v) is 1.84. The van der Waals surface area contributed by atoms with Crippen LogP contribution in [0, 0.1) is 11.8 Å². The first-order valence-electron chi connectivity index (χ1n) is 7.19. The molecule has 5 nitrogen and oxygen atoms in total. The first kappa shape index (κ1) is 17.0. The lowest BCUT2D eigenvalue weighted by Gasteiger charge is -2.16. The Labute approximate surface area is 125 Å². The summed E-state index contributed by atoms with van der Waals surface area (Å²) in [7, 11) is 0. The van der Waals surface area contributed by atoms with E-state index in [9.17, 15) is 9.59 Å². The Bertz CT molecular complexity index is 468. The fourth-order valence-electron chi connectivity index (χ4n) is 1.84. The van der Waals surface area contributed by atoms with Gasteiger partial charge in [-0.05, 0) is 36.6 Å². The van der Waals surface area contributed by atoms with Crippen molar-refractivity contribution in [3.8, 4) is 5.75 Å². The normalized spacial score (nSPS) is 12.0. The molecule has 0 radical (unpaired) electrons. The zero-order chi connectivity index (χ0) is 15.8. The number of benzene rings is 1. The number of carbonyl (C=O) groups is 2. The Balaban J connectivity index is 2.57. The highest BCUT2D eigenvalue weighted by Gasteiger charge is 2.22. The van der Waals surface area contributed by atoms with Crippen LogP contribution in [0.15, 0.2) is 24.3 Å². The molecule has 1 atom stereocenters. The van der Waals surface area contributed by atoms with Crippen molar-refractivity contribution in [1.29, 1.82) is 0 Å². The van der Waals surface area contributed by atoms with E-state index in [-0.39, 0.29) is 18.4 Å². The molecule has 0 fully saturated rings. The SMILES string of the molecule is CCCOc1ccc(C(=O)NCC(C(=O)O)C(C)C)cc1. The molecule has 0 aromatic heterocycles. The predicted molar refractivity (Wildman–Crippen MR) is 80.5 cm³/mol. The van der Waals surface area contributed by atoms with Crippen molar-refractivity contribution in [2.24, 2.45) is 11.8 Å². The highest BCUT2D eigenvalue weighted by molar-refractivity contribution is 5.94. The molecule has 1 amide bonds. The molecule has 1 aromatic rings. The van der Waals surface area contributed by atoms with Gasteiger partial charge in [-0.1, -0.05) is 20.8 Å². The molecule has 5 heteroatoms. The van der Waals surface area contributed by atoms with Gasteiger partial charge in [-0.2, -0.15) is 0 Å². The molecule has 0 heterocycles. The van der Waals surface area contributed by atoms with Gasteiger partial charge >= 0.3 is 5.97 Å². The number of aliphatic carboxylic acids is 1. The molecular weight excluding hydrogens is 270 g/mol. The summed E-state index contributed by atoms with van der Waals surface area (Å²) in [6.07, 6.45) is 0.925. The second kappa shape index (κ2) is 8.29. The van der Waals surface area contributed by atoms with Gasteiger partial charge in [0.1, 0.15) is 5.75 Å². The Kier molecular flexibility index (Phi) is 6.72. The number of amides is 1. The number of rotatable bonds is 8. The van der Waals surface area contributed by atoms with Crippen molar-refractivity contribution in [2.45, 2.75) is 27.2 Å². The number of carboxylic acids is 1. The largest absolute Gasteiger partial charge is 0.494 e. The third-order valence-electron chi connectivity index (χ3n) is 3.19. The molecule has 0 saturated carbocycles. The summed E-state index contributed by atoms with van der Waals surface area (Å²) >= 11 is 0. The smallest absolute Gasteiger partial charge is 0.308 e. The zero-order valence-electron chi connectivity index (χ0n) is 12.8. The highest BCUT2D eigenvalue weighted by Crippen LogP contribution is 2.13. The molecule has 0 spiro atoms. The van der Waals surface area contributed by atoms with E-state index in [1.807, 2.05) is 20.8 Å². The van der Waals surface area contributed by atoms with Gasteiger partial charge in [0, 0.05) is 12.1 Å². The Morgan fingerprint density at radius 1 is 1.24 bits per heavy atom. The Morgan fingerprint density at radius 2 is 1.86 bits per heavy atom. The van der Waals surface area contributed by atoms with Crippen LogP contribution < -0.4 is 10.1 Å². The summed E-state index contributed by atoms with van der Waals surface area (Å²) in [5, 5.41) is 11.7. The minimum atomic E-state index is -0.895. The molecule has 1 rings (SSSR count). The van der Waals surface area contributed by atoms with Crippen LogP contribution in [0.5, 0.6) is 5.75 Å². The topological polar surface area (TPSA) is 75.6 Å². The molecule has 0 saturated heterocycles. The lowest BCUT2D eigenvalue weighted by atomic mass is 9.96. The van der Waals surface area contributed by atoms with Crippen molar-refractivity contribution in [3.63, 3.8) is 0 Å². The van der Waals surface area contributed by atoms with Gasteiger partial charge in [0.05, 0.1) is 12.5 Å². The third kappa shape index (κ3) is 5.45. The van der Waals surface area contributed by atoms with Gasteiger partial charge in [0.15, 0.2) is 0 Å². The summed E-state index contributed by atoms with van der Waals surface area (Å²) in [4.78, 5) is 23.0. The predicted octanol–water partition coefficient (Wildman–Crippen LogP) is 2.56. The van der Waals surface area contributed by atoms with Crippen LogP contribution in [0.1, 0.15) is 37.6 Å². The van der Waals surface area contributed by atoms with E-state index in [1.54, 1.807) is 24.3 Å². The van der Waals surface area contributed by atoms with Crippen LogP contribution in [0.25, 0.3) is 0 Å². The van der Waals surface area contributed by atoms with Gasteiger partial charge in [-0.3, -0.25) is 9.59 Å². The maximum atomic E-state index is 12.0. The van der Waals surface area contributed by atoms with Gasteiger partial charge in [-0.15, -0.1) is 0 Å². The molecular formula is C16H23NO4. The summed E-state index contributed by atoms with van der Waals surface area (Å²) in [6.45, 7) is 6.44. The Hall–Kier alpha value is -2.04. The molecule has 1 aromatic carbocycles. The van der Waals surface area contributed by atoms with Crippen LogP contribution in [-0.4, -0.2) is 30.1 Å². The number of carbonyl (C=O) groups excluding carboxylic acids is 1. The quantitative estimate of drug-likeness (QED) is 0.772. The van der Waals surface area contributed by atoms with Crippen molar-refractivity contribution in [2.75, 3.05) is 13.2 Å². The second-order valence-electron chi connectivity index (χ2n) is 5.27. The van der Waals surface area contributed by atoms with Crippen LogP contribution in [-0.2, 0) is 4.79 Å². The molecule has 1 unspecified atom stereocenters. The maximum Gasteiger partial charge on any atom is 0.308 e. The molecule has 2 N–H and O–H groups in total. The number of hydrogen-bond acceptors (Lipinski definition) is 3. The van der Waals surface area contributed by atoms with E-state index in [1.165, 1.54) is 0 Å². The van der Waals surface area contributed by atoms with Gasteiger partial charge in [-0.25, -0.2) is 0 Å². The third-order valence-corrected chi connectivity index (χ3v) is 3.19. The van der Waals surface area contributed by atoms with Crippen LogP contribution >= 0.6 is 0 Å². The lowest BCUT2D eigenvalue weighted by Crippen LogP contribution is -2.35. The summed E-state index contributed by atoms with van der Waals surface area (Å²) in [5.41, 5.74) is 0.492. The van der Waals surface area contributed by atoms with E-state index in [0.29, 0.717) is 12.2 Å². The van der Waals surface area contributed by atoms with E-state index < -0.39 is 11.9 Å². The van der Waals surface area contributed by atoms with Crippen molar-refractivity contribution in [3.05, 3.63) is 29.8 Å².